The number of nitrogens with one attached hydrogen (secondary N) is 1. The lowest BCUT2D eigenvalue weighted by atomic mass is 10.1. The molecule has 2 rings (SSSR count). The number of rotatable bonds is 7. The fourth-order valence-corrected chi connectivity index (χ4v) is 2.42. The van der Waals surface area contributed by atoms with Crippen LogP contribution in [-0.2, 0) is 6.54 Å². The third-order valence-electron chi connectivity index (χ3n) is 3.70. The predicted molar refractivity (Wildman–Crippen MR) is 86.1 cm³/mol. The minimum atomic E-state index is 0.138. The van der Waals surface area contributed by atoms with Crippen LogP contribution in [-0.4, -0.2) is 23.6 Å². The van der Waals surface area contributed by atoms with Gasteiger partial charge in [-0.05, 0) is 52.0 Å². The van der Waals surface area contributed by atoms with Crippen molar-refractivity contribution in [2.24, 2.45) is 5.92 Å². The van der Waals surface area contributed by atoms with Gasteiger partial charge in [0.15, 0.2) is 0 Å². The van der Waals surface area contributed by atoms with Gasteiger partial charge >= 0.3 is 0 Å². The molecule has 0 aliphatic heterocycles. The van der Waals surface area contributed by atoms with Crippen molar-refractivity contribution in [1.82, 2.24) is 10.3 Å². The lowest BCUT2D eigenvalue weighted by Gasteiger charge is -2.28. The fourth-order valence-electron chi connectivity index (χ4n) is 2.42. The van der Waals surface area contributed by atoms with E-state index in [-0.39, 0.29) is 5.54 Å². The Hall–Kier alpha value is -1.09. The zero-order valence-electron chi connectivity index (χ0n) is 13.4. The van der Waals surface area contributed by atoms with Crippen molar-refractivity contribution < 1.29 is 0 Å². The van der Waals surface area contributed by atoms with Crippen LogP contribution >= 0.6 is 0 Å². The van der Waals surface area contributed by atoms with Gasteiger partial charge < -0.3 is 10.2 Å². The Balaban J connectivity index is 2.10. The molecule has 0 saturated heterocycles. The van der Waals surface area contributed by atoms with Gasteiger partial charge in [-0.25, -0.2) is 0 Å². The average molecular weight is 275 g/mol. The van der Waals surface area contributed by atoms with Crippen molar-refractivity contribution in [1.29, 1.82) is 0 Å². The largest absolute Gasteiger partial charge is 0.371 e. The van der Waals surface area contributed by atoms with Gasteiger partial charge in [0.1, 0.15) is 0 Å². The molecule has 0 bridgehead atoms. The maximum atomic E-state index is 4.32. The van der Waals surface area contributed by atoms with E-state index in [1.165, 1.54) is 37.1 Å². The van der Waals surface area contributed by atoms with Crippen molar-refractivity contribution in [2.45, 2.75) is 59.0 Å². The van der Waals surface area contributed by atoms with E-state index in [1.54, 1.807) is 0 Å². The molecule has 0 spiro atoms. The standard InChI is InChI=1S/C17H29N3/c1-5-10-20(13-14-6-7-14)16-8-9-18-11-15(16)12-19-17(2,3)4/h8-9,11,14,19H,5-7,10,12-13H2,1-4H3. The molecular weight excluding hydrogens is 246 g/mol. The molecule has 0 amide bonds. The maximum Gasteiger partial charge on any atom is 0.0442 e. The van der Waals surface area contributed by atoms with Crippen molar-refractivity contribution in [3.05, 3.63) is 24.0 Å². The molecule has 1 aromatic rings. The molecule has 0 unspecified atom stereocenters. The SMILES string of the molecule is CCCN(CC1CC1)c1ccncc1CNC(C)(C)C. The Labute approximate surface area is 123 Å². The van der Waals surface area contributed by atoms with Crippen LogP contribution in [0.15, 0.2) is 18.5 Å². The third-order valence-corrected chi connectivity index (χ3v) is 3.70. The first kappa shape index (κ1) is 15.3. The van der Waals surface area contributed by atoms with Gasteiger partial charge in [0.25, 0.3) is 0 Å². The van der Waals surface area contributed by atoms with E-state index in [2.05, 4.69) is 49.0 Å². The summed E-state index contributed by atoms with van der Waals surface area (Å²) in [5.74, 6) is 0.915. The van der Waals surface area contributed by atoms with E-state index in [9.17, 15) is 0 Å². The maximum absolute atomic E-state index is 4.32. The van der Waals surface area contributed by atoms with Crippen LogP contribution in [0.5, 0.6) is 0 Å². The summed E-state index contributed by atoms with van der Waals surface area (Å²) < 4.78 is 0. The predicted octanol–water partition coefficient (Wildman–Crippen LogP) is 3.60. The first-order chi connectivity index (χ1) is 9.49. The molecule has 0 radical (unpaired) electrons. The van der Waals surface area contributed by atoms with Crippen LogP contribution in [0.4, 0.5) is 5.69 Å². The lowest BCUT2D eigenvalue weighted by molar-refractivity contribution is 0.424. The highest BCUT2D eigenvalue weighted by Gasteiger charge is 2.25. The quantitative estimate of drug-likeness (QED) is 0.824. The van der Waals surface area contributed by atoms with Gasteiger partial charge in [-0.3, -0.25) is 4.98 Å². The molecule has 20 heavy (non-hydrogen) atoms. The normalized spacial score (nSPS) is 15.4. The Kier molecular flexibility index (Phi) is 5.03. The molecule has 1 aromatic heterocycles. The highest BCUT2D eigenvalue weighted by molar-refractivity contribution is 5.52. The third kappa shape index (κ3) is 4.78. The molecule has 1 N–H and O–H groups in total. The van der Waals surface area contributed by atoms with E-state index < -0.39 is 0 Å². The minimum absolute atomic E-state index is 0.138. The van der Waals surface area contributed by atoms with E-state index in [1.807, 2.05) is 12.4 Å². The number of nitrogens with zero attached hydrogens (tertiary/aromatic N) is 2. The van der Waals surface area contributed by atoms with E-state index in [0.717, 1.165) is 19.0 Å². The smallest absolute Gasteiger partial charge is 0.0442 e. The van der Waals surface area contributed by atoms with Crippen LogP contribution in [0.3, 0.4) is 0 Å². The summed E-state index contributed by atoms with van der Waals surface area (Å²) in [6.07, 6.45) is 7.94. The van der Waals surface area contributed by atoms with Crippen LogP contribution in [0, 0.1) is 5.92 Å². The van der Waals surface area contributed by atoms with Crippen LogP contribution < -0.4 is 10.2 Å². The van der Waals surface area contributed by atoms with Gasteiger partial charge in [0.2, 0.25) is 0 Å². The highest BCUT2D eigenvalue weighted by atomic mass is 15.1. The van der Waals surface area contributed by atoms with Gasteiger partial charge in [-0.1, -0.05) is 6.92 Å². The second-order valence-electron chi connectivity index (χ2n) is 7.00. The second kappa shape index (κ2) is 6.57. The van der Waals surface area contributed by atoms with Gasteiger partial charge in [-0.15, -0.1) is 0 Å². The molecule has 1 saturated carbocycles. The number of hydrogen-bond acceptors (Lipinski definition) is 3. The molecular formula is C17H29N3. The van der Waals surface area contributed by atoms with E-state index in [0.29, 0.717) is 0 Å². The Bertz CT molecular complexity index is 418. The monoisotopic (exact) mass is 275 g/mol. The summed E-state index contributed by atoms with van der Waals surface area (Å²) in [6.45, 7) is 12.1. The molecule has 3 nitrogen and oxygen atoms in total. The van der Waals surface area contributed by atoms with Crippen molar-refractivity contribution >= 4 is 5.69 Å². The van der Waals surface area contributed by atoms with E-state index >= 15 is 0 Å². The molecule has 1 heterocycles. The molecule has 1 aliphatic carbocycles. The van der Waals surface area contributed by atoms with Crippen LogP contribution in [0.25, 0.3) is 0 Å². The lowest BCUT2D eigenvalue weighted by Crippen LogP contribution is -2.36. The number of pyridine rings is 1. The number of anilines is 1. The van der Waals surface area contributed by atoms with Crippen molar-refractivity contribution in [2.75, 3.05) is 18.0 Å². The summed E-state index contributed by atoms with van der Waals surface area (Å²) in [4.78, 5) is 6.87. The zero-order chi connectivity index (χ0) is 14.6. The topological polar surface area (TPSA) is 28.2 Å². The Morgan fingerprint density at radius 1 is 1.35 bits per heavy atom. The fraction of sp³-hybridized carbons (Fsp3) is 0.706. The average Bonchev–Trinajstić information content (AvgIpc) is 3.19. The summed E-state index contributed by atoms with van der Waals surface area (Å²) in [6, 6.07) is 2.18. The zero-order valence-corrected chi connectivity index (χ0v) is 13.4. The summed E-state index contributed by atoms with van der Waals surface area (Å²) in [5, 5.41) is 3.58. The molecule has 0 atom stereocenters. The number of hydrogen-bond donors (Lipinski definition) is 1. The van der Waals surface area contributed by atoms with Crippen LogP contribution in [0.1, 0.15) is 52.5 Å². The summed E-state index contributed by atoms with van der Waals surface area (Å²) in [5.41, 5.74) is 2.82. The molecule has 1 fully saturated rings. The molecule has 112 valence electrons. The van der Waals surface area contributed by atoms with Crippen molar-refractivity contribution in [3.63, 3.8) is 0 Å². The Morgan fingerprint density at radius 2 is 2.10 bits per heavy atom. The van der Waals surface area contributed by atoms with Gasteiger partial charge in [0.05, 0.1) is 0 Å². The first-order valence-corrected chi connectivity index (χ1v) is 7.92. The summed E-state index contributed by atoms with van der Waals surface area (Å²) in [7, 11) is 0. The molecule has 3 heteroatoms. The van der Waals surface area contributed by atoms with Crippen LogP contribution in [0.2, 0.25) is 0 Å². The highest BCUT2D eigenvalue weighted by Crippen LogP contribution is 2.32. The first-order valence-electron chi connectivity index (χ1n) is 7.92. The molecule has 1 aliphatic rings. The number of aromatic nitrogens is 1. The summed E-state index contributed by atoms with van der Waals surface area (Å²) >= 11 is 0. The van der Waals surface area contributed by atoms with Crippen molar-refractivity contribution in [3.8, 4) is 0 Å². The van der Waals surface area contributed by atoms with Gasteiger partial charge in [-0.2, -0.15) is 0 Å². The minimum Gasteiger partial charge on any atom is -0.371 e. The van der Waals surface area contributed by atoms with E-state index in [4.69, 9.17) is 0 Å². The Morgan fingerprint density at radius 3 is 2.70 bits per heavy atom. The molecule has 0 aromatic carbocycles. The van der Waals surface area contributed by atoms with Gasteiger partial charge in [0, 0.05) is 48.8 Å². The second-order valence-corrected chi connectivity index (χ2v) is 7.00.